The van der Waals surface area contributed by atoms with Crippen LogP contribution in [0.1, 0.15) is 24.1 Å². The van der Waals surface area contributed by atoms with E-state index in [0.29, 0.717) is 32.5 Å². The van der Waals surface area contributed by atoms with E-state index in [1.165, 1.54) is 10.00 Å². The van der Waals surface area contributed by atoms with Crippen LogP contribution in [-0.2, 0) is 27.8 Å². The number of fused-ring (bicyclic) bond motifs is 3. The molecule has 29 heavy (non-hydrogen) atoms. The lowest BCUT2D eigenvalue weighted by molar-refractivity contribution is -0.135. The normalized spacial score (nSPS) is 20.1. The molecule has 6 nitrogen and oxygen atoms in total. The van der Waals surface area contributed by atoms with Crippen molar-refractivity contribution in [3.8, 4) is 0 Å². The Hall–Kier alpha value is -2.64. The molecule has 0 saturated carbocycles. The van der Waals surface area contributed by atoms with Gasteiger partial charge in [-0.1, -0.05) is 36.4 Å². The number of nitrogens with zero attached hydrogens (tertiary/aromatic N) is 2. The molecular formula is C22H23N3O3S. The summed E-state index contributed by atoms with van der Waals surface area (Å²) in [4.78, 5) is 18.9. The fourth-order valence-electron chi connectivity index (χ4n) is 4.57. The highest BCUT2D eigenvalue weighted by atomic mass is 32.2. The third-order valence-corrected chi connectivity index (χ3v) is 7.96. The van der Waals surface area contributed by atoms with E-state index in [4.69, 9.17) is 0 Å². The Morgan fingerprint density at radius 2 is 1.76 bits per heavy atom. The van der Waals surface area contributed by atoms with Gasteiger partial charge in [0.15, 0.2) is 0 Å². The predicted molar refractivity (Wildman–Crippen MR) is 111 cm³/mol. The molecule has 1 saturated heterocycles. The van der Waals surface area contributed by atoms with Gasteiger partial charge in [-0.3, -0.25) is 4.79 Å². The number of amides is 1. The molecule has 1 fully saturated rings. The zero-order chi connectivity index (χ0) is 20.0. The number of hydrogen-bond donors (Lipinski definition) is 1. The van der Waals surface area contributed by atoms with Crippen LogP contribution in [-0.4, -0.2) is 47.6 Å². The van der Waals surface area contributed by atoms with Crippen molar-refractivity contribution >= 4 is 26.8 Å². The Bertz CT molecular complexity index is 1170. The summed E-state index contributed by atoms with van der Waals surface area (Å²) in [7, 11) is -3.68. The van der Waals surface area contributed by atoms with Gasteiger partial charge in [0.2, 0.25) is 15.9 Å². The molecule has 0 bridgehead atoms. The van der Waals surface area contributed by atoms with Crippen molar-refractivity contribution in [3.05, 3.63) is 65.9 Å². The van der Waals surface area contributed by atoms with Crippen molar-refractivity contribution in [2.75, 3.05) is 13.1 Å². The summed E-state index contributed by atoms with van der Waals surface area (Å²) in [5.41, 5.74) is 3.41. The molecule has 2 aromatic carbocycles. The topological polar surface area (TPSA) is 73.5 Å². The van der Waals surface area contributed by atoms with Crippen molar-refractivity contribution < 1.29 is 13.2 Å². The van der Waals surface area contributed by atoms with Crippen molar-refractivity contribution in [1.82, 2.24) is 14.2 Å². The van der Waals surface area contributed by atoms with Crippen LogP contribution in [0.15, 0.2) is 59.5 Å². The Morgan fingerprint density at radius 1 is 1.00 bits per heavy atom. The smallest absolute Gasteiger partial charge is 0.243 e. The second-order valence-electron chi connectivity index (χ2n) is 7.72. The van der Waals surface area contributed by atoms with Crippen LogP contribution in [0.5, 0.6) is 0 Å². The molecule has 1 atom stereocenters. The molecule has 1 aromatic heterocycles. The average Bonchev–Trinajstić information content (AvgIpc) is 3.39. The van der Waals surface area contributed by atoms with Gasteiger partial charge in [-0.05, 0) is 31.0 Å². The van der Waals surface area contributed by atoms with E-state index in [1.54, 1.807) is 30.3 Å². The van der Waals surface area contributed by atoms with Crippen LogP contribution in [0, 0.1) is 0 Å². The molecule has 2 aliphatic heterocycles. The zero-order valence-corrected chi connectivity index (χ0v) is 16.9. The molecule has 1 amide bonds. The van der Waals surface area contributed by atoms with Crippen LogP contribution in [0.3, 0.4) is 0 Å². The molecule has 0 spiro atoms. The number of carbonyl (C=O) groups is 1. The molecule has 0 radical (unpaired) electrons. The third-order valence-electron chi connectivity index (χ3n) is 6.03. The Balaban J connectivity index is 1.42. The van der Waals surface area contributed by atoms with Gasteiger partial charge in [-0.25, -0.2) is 8.42 Å². The first-order chi connectivity index (χ1) is 14.1. The molecule has 3 heterocycles. The van der Waals surface area contributed by atoms with E-state index in [2.05, 4.69) is 11.1 Å². The number of nitrogens with one attached hydrogen (secondary N) is 1. The predicted octanol–water partition coefficient (Wildman–Crippen LogP) is 2.91. The number of carbonyl (C=O) groups excluding carboxylic acids is 1. The quantitative estimate of drug-likeness (QED) is 0.723. The first-order valence-electron chi connectivity index (χ1n) is 10.00. The van der Waals surface area contributed by atoms with Crippen LogP contribution in [0.4, 0.5) is 0 Å². The Labute approximate surface area is 170 Å². The van der Waals surface area contributed by atoms with E-state index in [1.807, 2.05) is 23.1 Å². The number of sulfonamides is 1. The summed E-state index contributed by atoms with van der Waals surface area (Å²) >= 11 is 0. The minimum absolute atomic E-state index is 0.0852. The lowest BCUT2D eigenvalue weighted by Gasteiger charge is -2.32. The highest BCUT2D eigenvalue weighted by molar-refractivity contribution is 7.89. The van der Waals surface area contributed by atoms with Crippen LogP contribution in [0.25, 0.3) is 10.9 Å². The molecule has 0 unspecified atom stereocenters. The number of aromatic nitrogens is 1. The summed E-state index contributed by atoms with van der Waals surface area (Å²) in [6.07, 6.45) is 2.03. The minimum Gasteiger partial charge on any atom is -0.358 e. The Morgan fingerprint density at radius 3 is 2.59 bits per heavy atom. The largest absolute Gasteiger partial charge is 0.358 e. The molecular weight excluding hydrogens is 386 g/mol. The fourth-order valence-corrected chi connectivity index (χ4v) is 6.24. The van der Waals surface area contributed by atoms with Crippen LogP contribution in [0.2, 0.25) is 0 Å². The van der Waals surface area contributed by atoms with Crippen molar-refractivity contribution in [2.24, 2.45) is 0 Å². The maximum atomic E-state index is 13.4. The van der Waals surface area contributed by atoms with E-state index in [9.17, 15) is 13.2 Å². The summed E-state index contributed by atoms with van der Waals surface area (Å²) in [6.45, 7) is 1.52. The lowest BCUT2D eigenvalue weighted by Crippen LogP contribution is -2.48. The molecule has 2 aliphatic rings. The van der Waals surface area contributed by atoms with Crippen molar-refractivity contribution in [2.45, 2.75) is 36.7 Å². The summed E-state index contributed by atoms with van der Waals surface area (Å²) in [6, 6.07) is 15.9. The second-order valence-corrected chi connectivity index (χ2v) is 9.61. The van der Waals surface area contributed by atoms with Gasteiger partial charge in [0.1, 0.15) is 6.04 Å². The Kier molecular flexibility index (Phi) is 4.44. The maximum Gasteiger partial charge on any atom is 0.243 e. The fraction of sp³-hybridized carbons (Fsp3) is 0.318. The van der Waals surface area contributed by atoms with Gasteiger partial charge < -0.3 is 9.88 Å². The van der Waals surface area contributed by atoms with Crippen molar-refractivity contribution in [3.63, 3.8) is 0 Å². The maximum absolute atomic E-state index is 13.4. The SMILES string of the molecule is O=C([C@H]1CCCN1S(=O)(=O)c1ccccc1)N1CCc2[nH]c3ccccc3c2C1. The molecule has 0 aliphatic carbocycles. The van der Waals surface area contributed by atoms with Crippen LogP contribution < -0.4 is 0 Å². The molecule has 1 N–H and O–H groups in total. The molecule has 5 rings (SSSR count). The van der Waals surface area contributed by atoms with Gasteiger partial charge in [-0.2, -0.15) is 4.31 Å². The monoisotopic (exact) mass is 409 g/mol. The van der Waals surface area contributed by atoms with Gasteiger partial charge in [0.05, 0.1) is 4.90 Å². The number of hydrogen-bond acceptors (Lipinski definition) is 3. The van der Waals surface area contributed by atoms with Gasteiger partial charge >= 0.3 is 0 Å². The molecule has 7 heteroatoms. The first kappa shape index (κ1) is 18.4. The van der Waals surface area contributed by atoms with Gasteiger partial charge in [0, 0.05) is 48.2 Å². The number of rotatable bonds is 3. The van der Waals surface area contributed by atoms with E-state index < -0.39 is 16.1 Å². The highest BCUT2D eigenvalue weighted by Crippen LogP contribution is 2.31. The van der Waals surface area contributed by atoms with Crippen molar-refractivity contribution in [1.29, 1.82) is 0 Å². The minimum atomic E-state index is -3.68. The van der Waals surface area contributed by atoms with E-state index in [-0.39, 0.29) is 10.8 Å². The average molecular weight is 410 g/mol. The second kappa shape index (κ2) is 7.00. The number of benzene rings is 2. The third kappa shape index (κ3) is 3.05. The zero-order valence-electron chi connectivity index (χ0n) is 16.0. The molecule has 150 valence electrons. The summed E-state index contributed by atoms with van der Waals surface area (Å²) in [5, 5.41) is 1.14. The number of aromatic amines is 1. The molecule has 3 aromatic rings. The summed E-state index contributed by atoms with van der Waals surface area (Å²) < 4.78 is 27.6. The lowest BCUT2D eigenvalue weighted by atomic mass is 10.0. The van der Waals surface area contributed by atoms with E-state index in [0.717, 1.165) is 22.9 Å². The van der Waals surface area contributed by atoms with Crippen LogP contribution >= 0.6 is 0 Å². The van der Waals surface area contributed by atoms with E-state index >= 15 is 0 Å². The van der Waals surface area contributed by atoms with Gasteiger partial charge in [-0.15, -0.1) is 0 Å². The summed E-state index contributed by atoms with van der Waals surface area (Å²) in [5.74, 6) is -0.0852. The number of H-pyrrole nitrogens is 1. The standard InChI is InChI=1S/C22H23N3O3S/c26-22(21-11-6-13-25(21)29(27,28)16-7-2-1-3-8-16)24-14-12-20-18(15-24)17-9-4-5-10-19(17)23-20/h1-5,7-10,21,23H,6,11-15H2/t21-/m1/s1. The first-order valence-corrected chi connectivity index (χ1v) is 11.4. The number of para-hydroxylation sites is 1. The highest BCUT2D eigenvalue weighted by Gasteiger charge is 2.41. The van der Waals surface area contributed by atoms with Gasteiger partial charge in [0.25, 0.3) is 0 Å².